The Bertz CT molecular complexity index is 236. The van der Waals surface area contributed by atoms with Crippen LogP contribution in [0.3, 0.4) is 0 Å². The number of amides is 1. The van der Waals surface area contributed by atoms with Crippen molar-refractivity contribution in [2.45, 2.75) is 51.0 Å². The molecule has 2 fully saturated rings. The normalized spacial score (nSPS) is 26.1. The highest BCUT2D eigenvalue weighted by Gasteiger charge is 2.28. The molecule has 0 radical (unpaired) electrons. The fraction of sp³-hybridized carbons (Fsp3) is 0.923. The van der Waals surface area contributed by atoms with Crippen molar-refractivity contribution in [3.05, 3.63) is 0 Å². The van der Waals surface area contributed by atoms with Gasteiger partial charge in [0.25, 0.3) is 0 Å². The van der Waals surface area contributed by atoms with Gasteiger partial charge in [0.15, 0.2) is 0 Å². The number of carbonyl (C=O) groups excluding carboxylic acids is 1. The van der Waals surface area contributed by atoms with Crippen molar-refractivity contribution in [3.8, 4) is 0 Å². The van der Waals surface area contributed by atoms with Crippen LogP contribution in [0, 0.1) is 5.92 Å². The molecule has 0 spiro atoms. The summed E-state index contributed by atoms with van der Waals surface area (Å²) in [4.78, 5) is 14.3. The number of halogens is 1. The van der Waals surface area contributed by atoms with Crippen LogP contribution >= 0.6 is 12.4 Å². The van der Waals surface area contributed by atoms with Crippen molar-refractivity contribution in [2.75, 3.05) is 20.1 Å². The van der Waals surface area contributed by atoms with E-state index in [0.717, 1.165) is 25.9 Å². The molecule has 3 nitrogen and oxygen atoms in total. The van der Waals surface area contributed by atoms with Crippen LogP contribution in [0.4, 0.5) is 0 Å². The summed E-state index contributed by atoms with van der Waals surface area (Å²) in [6.45, 7) is 2.09. The first-order valence-electron chi connectivity index (χ1n) is 6.76. The van der Waals surface area contributed by atoms with E-state index in [2.05, 4.69) is 5.32 Å². The minimum atomic E-state index is 0. The van der Waals surface area contributed by atoms with Gasteiger partial charge in [0, 0.05) is 25.6 Å². The fourth-order valence-corrected chi connectivity index (χ4v) is 2.98. The molecule has 0 unspecified atom stereocenters. The lowest BCUT2D eigenvalue weighted by Crippen LogP contribution is -2.48. The zero-order valence-corrected chi connectivity index (χ0v) is 11.6. The molecule has 0 aromatic heterocycles. The first kappa shape index (κ1) is 14.8. The van der Waals surface area contributed by atoms with Crippen molar-refractivity contribution < 1.29 is 4.79 Å². The maximum Gasteiger partial charge on any atom is 0.225 e. The minimum absolute atomic E-state index is 0. The fourth-order valence-electron chi connectivity index (χ4n) is 2.98. The van der Waals surface area contributed by atoms with Crippen LogP contribution in [0.5, 0.6) is 0 Å². The molecule has 1 aliphatic heterocycles. The first-order chi connectivity index (χ1) is 7.79. The quantitative estimate of drug-likeness (QED) is 0.826. The van der Waals surface area contributed by atoms with E-state index < -0.39 is 0 Å². The summed E-state index contributed by atoms with van der Waals surface area (Å²) in [6.07, 6.45) is 8.40. The van der Waals surface area contributed by atoms with Gasteiger partial charge in [-0.15, -0.1) is 12.4 Å². The SMILES string of the molecule is CN(C(=O)C1CCCCC1)[C@H]1CCCNC1.Cl. The maximum absolute atomic E-state index is 12.3. The topological polar surface area (TPSA) is 32.3 Å². The Kier molecular flexibility index (Phi) is 6.28. The van der Waals surface area contributed by atoms with Crippen molar-refractivity contribution in [1.29, 1.82) is 0 Å². The van der Waals surface area contributed by atoms with Gasteiger partial charge in [0.1, 0.15) is 0 Å². The average Bonchev–Trinajstić information content (AvgIpc) is 2.39. The van der Waals surface area contributed by atoms with Crippen LogP contribution in [-0.2, 0) is 4.79 Å². The second-order valence-electron chi connectivity index (χ2n) is 5.28. The van der Waals surface area contributed by atoms with Gasteiger partial charge in [-0.25, -0.2) is 0 Å². The smallest absolute Gasteiger partial charge is 0.225 e. The molecule has 1 N–H and O–H groups in total. The average molecular weight is 261 g/mol. The Balaban J connectivity index is 0.00000144. The molecule has 0 bridgehead atoms. The van der Waals surface area contributed by atoms with Crippen LogP contribution < -0.4 is 5.32 Å². The third-order valence-electron chi connectivity index (χ3n) is 4.12. The third kappa shape index (κ3) is 3.85. The highest BCUT2D eigenvalue weighted by Crippen LogP contribution is 2.26. The molecule has 1 amide bonds. The number of hydrogen-bond acceptors (Lipinski definition) is 2. The monoisotopic (exact) mass is 260 g/mol. The van der Waals surface area contributed by atoms with Gasteiger partial charge in [0.05, 0.1) is 0 Å². The van der Waals surface area contributed by atoms with E-state index in [9.17, 15) is 4.79 Å². The summed E-state index contributed by atoms with van der Waals surface area (Å²) in [5.41, 5.74) is 0. The van der Waals surface area contributed by atoms with Gasteiger partial charge in [0.2, 0.25) is 5.91 Å². The molecule has 17 heavy (non-hydrogen) atoms. The van der Waals surface area contributed by atoms with Crippen molar-refractivity contribution in [3.63, 3.8) is 0 Å². The second-order valence-corrected chi connectivity index (χ2v) is 5.28. The van der Waals surface area contributed by atoms with Crippen LogP contribution in [-0.4, -0.2) is 37.0 Å². The number of likely N-dealkylation sites (N-methyl/N-ethyl adjacent to an activating group) is 1. The second kappa shape index (κ2) is 7.22. The number of rotatable bonds is 2. The van der Waals surface area contributed by atoms with Crippen molar-refractivity contribution >= 4 is 18.3 Å². The lowest BCUT2D eigenvalue weighted by molar-refractivity contribution is -0.137. The lowest BCUT2D eigenvalue weighted by Gasteiger charge is -2.35. The lowest BCUT2D eigenvalue weighted by atomic mass is 9.88. The van der Waals surface area contributed by atoms with Crippen molar-refractivity contribution in [2.24, 2.45) is 5.92 Å². The standard InChI is InChI=1S/C13H24N2O.ClH/c1-15(12-8-5-9-14-10-12)13(16)11-6-3-2-4-7-11;/h11-12,14H,2-10H2,1H3;1H/t12-;/m0./s1. The molecule has 1 atom stereocenters. The van der Waals surface area contributed by atoms with E-state index in [4.69, 9.17) is 0 Å². The van der Waals surface area contributed by atoms with E-state index >= 15 is 0 Å². The molecular weight excluding hydrogens is 236 g/mol. The molecule has 2 rings (SSSR count). The predicted molar refractivity (Wildman–Crippen MR) is 72.5 cm³/mol. The Labute approximate surface area is 111 Å². The summed E-state index contributed by atoms with van der Waals surface area (Å²) in [5, 5.41) is 3.38. The van der Waals surface area contributed by atoms with Crippen LogP contribution in [0.25, 0.3) is 0 Å². The molecule has 4 heteroatoms. The summed E-state index contributed by atoms with van der Waals surface area (Å²) < 4.78 is 0. The number of nitrogens with zero attached hydrogens (tertiary/aromatic N) is 1. The number of hydrogen-bond donors (Lipinski definition) is 1. The Morgan fingerprint density at radius 2 is 1.82 bits per heavy atom. The van der Waals surface area contributed by atoms with Crippen LogP contribution in [0.1, 0.15) is 44.9 Å². The zero-order chi connectivity index (χ0) is 11.4. The summed E-state index contributed by atoms with van der Waals surface area (Å²) in [7, 11) is 1.99. The number of piperidine rings is 1. The number of carbonyl (C=O) groups is 1. The molecule has 1 heterocycles. The van der Waals surface area contributed by atoms with Gasteiger partial charge in [-0.1, -0.05) is 19.3 Å². The molecular formula is C13H25ClN2O. The van der Waals surface area contributed by atoms with E-state index in [1.54, 1.807) is 0 Å². The highest BCUT2D eigenvalue weighted by molar-refractivity contribution is 5.85. The highest BCUT2D eigenvalue weighted by atomic mass is 35.5. The van der Waals surface area contributed by atoms with E-state index in [1.165, 1.54) is 32.1 Å². The third-order valence-corrected chi connectivity index (χ3v) is 4.12. The van der Waals surface area contributed by atoms with E-state index in [-0.39, 0.29) is 12.4 Å². The van der Waals surface area contributed by atoms with Crippen LogP contribution in [0.2, 0.25) is 0 Å². The molecule has 1 aliphatic carbocycles. The summed E-state index contributed by atoms with van der Waals surface area (Å²) in [6, 6.07) is 0.433. The van der Waals surface area contributed by atoms with Crippen molar-refractivity contribution in [1.82, 2.24) is 10.2 Å². The predicted octanol–water partition coefficient (Wildman–Crippen LogP) is 2.20. The first-order valence-corrected chi connectivity index (χ1v) is 6.76. The molecule has 2 aliphatic rings. The van der Waals surface area contributed by atoms with Gasteiger partial charge >= 0.3 is 0 Å². The van der Waals surface area contributed by atoms with E-state index in [1.807, 2.05) is 11.9 Å². The van der Waals surface area contributed by atoms with Gasteiger partial charge in [-0.2, -0.15) is 0 Å². The van der Waals surface area contributed by atoms with Crippen LogP contribution in [0.15, 0.2) is 0 Å². The largest absolute Gasteiger partial charge is 0.341 e. The van der Waals surface area contributed by atoms with Gasteiger partial charge in [-0.05, 0) is 32.2 Å². The molecule has 0 aromatic rings. The Hall–Kier alpha value is -0.280. The molecule has 100 valence electrons. The van der Waals surface area contributed by atoms with Gasteiger partial charge < -0.3 is 10.2 Å². The minimum Gasteiger partial charge on any atom is -0.341 e. The summed E-state index contributed by atoms with van der Waals surface area (Å²) >= 11 is 0. The summed E-state index contributed by atoms with van der Waals surface area (Å²) in [5.74, 6) is 0.717. The Morgan fingerprint density at radius 3 is 2.41 bits per heavy atom. The van der Waals surface area contributed by atoms with E-state index in [0.29, 0.717) is 17.9 Å². The zero-order valence-electron chi connectivity index (χ0n) is 10.8. The molecule has 1 saturated carbocycles. The number of nitrogens with one attached hydrogen (secondary N) is 1. The maximum atomic E-state index is 12.3. The molecule has 1 saturated heterocycles. The van der Waals surface area contributed by atoms with Gasteiger partial charge in [-0.3, -0.25) is 4.79 Å². The molecule has 0 aromatic carbocycles. The Morgan fingerprint density at radius 1 is 1.12 bits per heavy atom.